The predicted molar refractivity (Wildman–Crippen MR) is 115 cm³/mol. The lowest BCUT2D eigenvalue weighted by molar-refractivity contribution is -0.137. The zero-order valence-electron chi connectivity index (χ0n) is 15.7. The van der Waals surface area contributed by atoms with Gasteiger partial charge in [0.05, 0.1) is 30.9 Å². The molecular weight excluding hydrogens is 473 g/mol. The molecule has 0 aliphatic carbocycles. The van der Waals surface area contributed by atoms with Crippen molar-refractivity contribution in [2.45, 2.75) is 19.6 Å². The molecule has 1 N–H and O–H groups in total. The minimum absolute atomic E-state index is 0.0634. The molecule has 0 saturated heterocycles. The van der Waals surface area contributed by atoms with E-state index in [1.807, 2.05) is 17.5 Å². The number of amides is 1. The van der Waals surface area contributed by atoms with Crippen molar-refractivity contribution >= 4 is 56.1 Å². The fourth-order valence-corrected chi connectivity index (χ4v) is 4.73. The summed E-state index contributed by atoms with van der Waals surface area (Å²) in [6.07, 6.45) is -4.59. The summed E-state index contributed by atoms with van der Waals surface area (Å²) in [5.41, 5.74) is -1.03. The van der Waals surface area contributed by atoms with Crippen LogP contribution in [0.1, 0.15) is 10.6 Å². The molecule has 160 valence electrons. The Morgan fingerprint density at radius 3 is 2.74 bits per heavy atom. The average molecular weight is 485 g/mol. The largest absolute Gasteiger partial charge is 0.416 e. The predicted octanol–water partition coefficient (Wildman–Crippen LogP) is 5.20. The van der Waals surface area contributed by atoms with Crippen molar-refractivity contribution in [3.8, 4) is 10.6 Å². The molecule has 0 spiro atoms. The molecule has 4 aromatic rings. The van der Waals surface area contributed by atoms with Crippen LogP contribution in [0.2, 0.25) is 5.02 Å². The monoisotopic (exact) mass is 484 g/mol. The van der Waals surface area contributed by atoms with Crippen LogP contribution in [-0.4, -0.2) is 20.7 Å². The Morgan fingerprint density at radius 1 is 1.29 bits per heavy atom. The van der Waals surface area contributed by atoms with E-state index in [1.54, 1.807) is 6.92 Å². The average Bonchev–Trinajstić information content (AvgIpc) is 3.35. The van der Waals surface area contributed by atoms with Crippen molar-refractivity contribution in [3.05, 3.63) is 61.7 Å². The molecule has 6 nitrogen and oxygen atoms in total. The first-order valence-corrected chi connectivity index (χ1v) is 10.8. The Hall–Kier alpha value is -2.76. The van der Waals surface area contributed by atoms with Crippen molar-refractivity contribution < 1.29 is 18.0 Å². The van der Waals surface area contributed by atoms with Crippen LogP contribution in [0, 0.1) is 6.92 Å². The summed E-state index contributed by atoms with van der Waals surface area (Å²) in [5, 5.41) is 9.11. The normalized spacial score (nSPS) is 11.8. The maximum absolute atomic E-state index is 12.9. The number of aryl methyl sites for hydroxylation is 1. The number of alkyl halides is 3. The van der Waals surface area contributed by atoms with Gasteiger partial charge >= 0.3 is 6.18 Å². The number of benzene rings is 1. The number of anilines is 1. The fourth-order valence-electron chi connectivity index (χ4n) is 2.87. The van der Waals surface area contributed by atoms with Crippen LogP contribution in [0.15, 0.2) is 40.5 Å². The van der Waals surface area contributed by atoms with Crippen molar-refractivity contribution in [3.63, 3.8) is 0 Å². The zero-order valence-corrected chi connectivity index (χ0v) is 18.0. The SMILES string of the molecule is Cc1nc2c(=O)n(CC(=O)Nc3cc(C(F)(F)F)ccc3Cl)nc(-c3cccs3)c2s1. The third-order valence-electron chi connectivity index (χ3n) is 4.22. The molecule has 0 saturated carbocycles. The Balaban J connectivity index is 1.69. The molecule has 3 heterocycles. The lowest BCUT2D eigenvalue weighted by Crippen LogP contribution is -2.30. The van der Waals surface area contributed by atoms with Gasteiger partial charge in [-0.15, -0.1) is 22.7 Å². The van der Waals surface area contributed by atoms with Gasteiger partial charge in [0.1, 0.15) is 12.2 Å². The summed E-state index contributed by atoms with van der Waals surface area (Å²) in [6, 6.07) is 6.26. The van der Waals surface area contributed by atoms with Crippen LogP contribution in [0.4, 0.5) is 18.9 Å². The summed E-state index contributed by atoms with van der Waals surface area (Å²) >= 11 is 8.67. The number of aromatic nitrogens is 3. The second-order valence-electron chi connectivity index (χ2n) is 6.44. The first-order chi connectivity index (χ1) is 14.6. The van der Waals surface area contributed by atoms with E-state index in [-0.39, 0.29) is 16.2 Å². The molecule has 4 rings (SSSR count). The van der Waals surface area contributed by atoms with Crippen LogP contribution in [0.25, 0.3) is 20.8 Å². The van der Waals surface area contributed by atoms with E-state index >= 15 is 0 Å². The highest BCUT2D eigenvalue weighted by atomic mass is 35.5. The molecule has 12 heteroatoms. The standard InChI is InChI=1S/C19H12ClF3N4O2S2/c1-9-24-16-17(31-9)15(13-3-2-6-30-13)26-27(18(16)29)8-14(28)25-12-7-10(19(21,22)23)4-5-11(12)20/h2-7H,8H2,1H3,(H,25,28). The molecule has 0 fully saturated rings. The van der Waals surface area contributed by atoms with E-state index < -0.39 is 29.8 Å². The maximum atomic E-state index is 12.9. The summed E-state index contributed by atoms with van der Waals surface area (Å²) in [6.45, 7) is 1.24. The third-order valence-corrected chi connectivity index (χ3v) is 6.41. The van der Waals surface area contributed by atoms with Gasteiger partial charge in [-0.05, 0) is 36.6 Å². The van der Waals surface area contributed by atoms with E-state index in [4.69, 9.17) is 11.6 Å². The van der Waals surface area contributed by atoms with Gasteiger partial charge in [-0.3, -0.25) is 9.59 Å². The van der Waals surface area contributed by atoms with Crippen LogP contribution in [0.5, 0.6) is 0 Å². The second-order valence-corrected chi connectivity index (χ2v) is 9.00. The Morgan fingerprint density at radius 2 is 2.06 bits per heavy atom. The molecule has 0 radical (unpaired) electrons. The highest BCUT2D eigenvalue weighted by Gasteiger charge is 2.31. The highest BCUT2D eigenvalue weighted by Crippen LogP contribution is 2.34. The summed E-state index contributed by atoms with van der Waals surface area (Å²) < 4.78 is 40.4. The van der Waals surface area contributed by atoms with Gasteiger partial charge < -0.3 is 5.32 Å². The molecular formula is C19H12ClF3N4O2S2. The first-order valence-electron chi connectivity index (χ1n) is 8.72. The van der Waals surface area contributed by atoms with Crippen LogP contribution >= 0.6 is 34.3 Å². The Kier molecular flexibility index (Phi) is 5.58. The van der Waals surface area contributed by atoms with Gasteiger partial charge in [0.2, 0.25) is 5.91 Å². The summed E-state index contributed by atoms with van der Waals surface area (Å²) in [7, 11) is 0. The number of carbonyl (C=O) groups is 1. The lowest BCUT2D eigenvalue weighted by Gasteiger charge is -2.12. The Bertz CT molecular complexity index is 1350. The van der Waals surface area contributed by atoms with Crippen LogP contribution < -0.4 is 10.9 Å². The van der Waals surface area contributed by atoms with Crippen LogP contribution in [0.3, 0.4) is 0 Å². The number of nitrogens with one attached hydrogen (secondary N) is 1. The van der Waals surface area contributed by atoms with Crippen molar-refractivity contribution in [2.75, 3.05) is 5.32 Å². The number of thiophene rings is 1. The Labute approximate surface area is 185 Å². The molecule has 0 bridgehead atoms. The summed E-state index contributed by atoms with van der Waals surface area (Å²) in [4.78, 5) is 30.4. The minimum atomic E-state index is -4.59. The highest BCUT2D eigenvalue weighted by molar-refractivity contribution is 7.20. The number of hydrogen-bond acceptors (Lipinski definition) is 6. The number of halogens is 4. The van der Waals surface area contributed by atoms with Gasteiger partial charge in [0, 0.05) is 0 Å². The quantitative estimate of drug-likeness (QED) is 0.432. The maximum Gasteiger partial charge on any atom is 0.416 e. The number of carbonyl (C=O) groups excluding carboxylic acids is 1. The van der Waals surface area contributed by atoms with E-state index in [2.05, 4.69) is 15.4 Å². The number of rotatable bonds is 4. The third kappa shape index (κ3) is 4.34. The van der Waals surface area contributed by atoms with E-state index in [0.717, 1.165) is 27.8 Å². The fraction of sp³-hybridized carbons (Fsp3) is 0.158. The van der Waals surface area contributed by atoms with E-state index in [9.17, 15) is 22.8 Å². The van der Waals surface area contributed by atoms with Gasteiger partial charge in [0.25, 0.3) is 5.56 Å². The molecule has 3 aromatic heterocycles. The van der Waals surface area contributed by atoms with Crippen molar-refractivity contribution in [2.24, 2.45) is 0 Å². The second kappa shape index (κ2) is 8.06. The van der Waals surface area contributed by atoms with Gasteiger partial charge in [-0.2, -0.15) is 18.3 Å². The molecule has 1 aromatic carbocycles. The molecule has 0 unspecified atom stereocenters. The number of fused-ring (bicyclic) bond motifs is 1. The lowest BCUT2D eigenvalue weighted by atomic mass is 10.2. The number of nitrogens with zero attached hydrogens (tertiary/aromatic N) is 3. The van der Waals surface area contributed by atoms with Gasteiger partial charge in [0.15, 0.2) is 5.52 Å². The van der Waals surface area contributed by atoms with Gasteiger partial charge in [-0.1, -0.05) is 17.7 Å². The molecule has 31 heavy (non-hydrogen) atoms. The topological polar surface area (TPSA) is 76.9 Å². The molecule has 0 aliphatic heterocycles. The van der Waals surface area contributed by atoms with E-state index in [1.165, 1.54) is 22.7 Å². The molecule has 0 atom stereocenters. The van der Waals surface area contributed by atoms with Crippen molar-refractivity contribution in [1.29, 1.82) is 0 Å². The zero-order chi connectivity index (χ0) is 22.3. The van der Waals surface area contributed by atoms with Gasteiger partial charge in [-0.25, -0.2) is 9.67 Å². The van der Waals surface area contributed by atoms with Crippen molar-refractivity contribution in [1.82, 2.24) is 14.8 Å². The first kappa shape index (κ1) is 21.5. The number of thiazole rings is 1. The van der Waals surface area contributed by atoms with E-state index in [0.29, 0.717) is 15.4 Å². The molecule has 1 amide bonds. The molecule has 0 aliphatic rings. The smallest absolute Gasteiger partial charge is 0.323 e. The number of hydrogen-bond donors (Lipinski definition) is 1. The summed E-state index contributed by atoms with van der Waals surface area (Å²) in [5.74, 6) is -0.751. The van der Waals surface area contributed by atoms with Crippen LogP contribution in [-0.2, 0) is 17.5 Å². The minimum Gasteiger partial charge on any atom is -0.323 e.